The van der Waals surface area contributed by atoms with Gasteiger partial charge in [-0.1, -0.05) is 30.3 Å². The third-order valence-corrected chi connectivity index (χ3v) is 6.13. The first-order chi connectivity index (χ1) is 16.7. The Kier molecular flexibility index (Phi) is 6.58. The van der Waals surface area contributed by atoms with Crippen LogP contribution in [0.25, 0.3) is 0 Å². The molecule has 0 aliphatic carbocycles. The van der Waals surface area contributed by atoms with Gasteiger partial charge in [0, 0.05) is 26.1 Å². The van der Waals surface area contributed by atoms with Crippen molar-refractivity contribution in [2.75, 3.05) is 44.9 Å². The highest BCUT2D eigenvalue weighted by atomic mass is 16.5. The van der Waals surface area contributed by atoms with E-state index in [4.69, 9.17) is 24.2 Å². The fourth-order valence-corrected chi connectivity index (χ4v) is 4.21. The SMILES string of the molecule is COc1ccc(Oc2nc(N3CCOCC3)nc3c2CN(C(=O)Cc2ccccc2)CC3)cc1. The van der Waals surface area contributed by atoms with Gasteiger partial charge in [0.25, 0.3) is 0 Å². The van der Waals surface area contributed by atoms with E-state index >= 15 is 0 Å². The molecule has 3 aromatic rings. The molecule has 0 saturated carbocycles. The number of nitrogens with zero attached hydrogens (tertiary/aromatic N) is 4. The number of anilines is 1. The summed E-state index contributed by atoms with van der Waals surface area (Å²) in [5, 5.41) is 0. The lowest BCUT2D eigenvalue weighted by Crippen LogP contribution is -2.40. The van der Waals surface area contributed by atoms with Crippen molar-refractivity contribution in [2.45, 2.75) is 19.4 Å². The van der Waals surface area contributed by atoms with Crippen molar-refractivity contribution in [1.82, 2.24) is 14.9 Å². The molecule has 0 N–H and O–H groups in total. The van der Waals surface area contributed by atoms with Crippen molar-refractivity contribution in [3.8, 4) is 17.4 Å². The summed E-state index contributed by atoms with van der Waals surface area (Å²) in [6.45, 7) is 3.83. The average molecular weight is 461 g/mol. The lowest BCUT2D eigenvalue weighted by molar-refractivity contribution is -0.131. The molecule has 0 spiro atoms. The maximum atomic E-state index is 13.0. The van der Waals surface area contributed by atoms with E-state index in [1.807, 2.05) is 59.5 Å². The number of fused-ring (bicyclic) bond motifs is 1. The molecule has 8 nitrogen and oxygen atoms in total. The van der Waals surface area contributed by atoms with Crippen molar-refractivity contribution in [3.05, 3.63) is 71.4 Å². The van der Waals surface area contributed by atoms with Crippen LogP contribution in [0.2, 0.25) is 0 Å². The van der Waals surface area contributed by atoms with E-state index in [0.29, 0.717) is 56.7 Å². The molecule has 34 heavy (non-hydrogen) atoms. The molecule has 2 aliphatic heterocycles. The maximum absolute atomic E-state index is 13.0. The highest BCUT2D eigenvalue weighted by Crippen LogP contribution is 2.32. The number of carbonyl (C=O) groups excluding carboxylic acids is 1. The van der Waals surface area contributed by atoms with Gasteiger partial charge in [-0.3, -0.25) is 4.79 Å². The Bertz CT molecular complexity index is 1130. The molecule has 0 radical (unpaired) electrons. The maximum Gasteiger partial charge on any atom is 0.229 e. The normalized spacial score (nSPS) is 15.6. The molecular weight excluding hydrogens is 432 g/mol. The zero-order valence-electron chi connectivity index (χ0n) is 19.3. The predicted molar refractivity (Wildman–Crippen MR) is 127 cm³/mol. The van der Waals surface area contributed by atoms with Crippen LogP contribution in [0.15, 0.2) is 54.6 Å². The van der Waals surface area contributed by atoms with E-state index in [1.165, 1.54) is 0 Å². The van der Waals surface area contributed by atoms with E-state index in [2.05, 4.69) is 4.90 Å². The minimum atomic E-state index is 0.0875. The quantitative estimate of drug-likeness (QED) is 0.559. The Hall–Kier alpha value is -3.65. The van der Waals surface area contributed by atoms with E-state index < -0.39 is 0 Å². The lowest BCUT2D eigenvalue weighted by atomic mass is 10.0. The van der Waals surface area contributed by atoms with Crippen molar-refractivity contribution in [2.24, 2.45) is 0 Å². The van der Waals surface area contributed by atoms with Gasteiger partial charge in [0.15, 0.2) is 0 Å². The number of benzene rings is 2. The zero-order valence-corrected chi connectivity index (χ0v) is 19.3. The predicted octanol–water partition coefficient (Wildman–Crippen LogP) is 3.24. The first-order valence-electron chi connectivity index (χ1n) is 11.6. The van der Waals surface area contributed by atoms with Crippen LogP contribution in [0.4, 0.5) is 5.95 Å². The summed E-state index contributed by atoms with van der Waals surface area (Å²) < 4.78 is 17.0. The minimum absolute atomic E-state index is 0.0875. The number of aromatic nitrogens is 2. The second-order valence-electron chi connectivity index (χ2n) is 8.36. The fourth-order valence-electron chi connectivity index (χ4n) is 4.21. The van der Waals surface area contributed by atoms with E-state index in [-0.39, 0.29) is 5.91 Å². The van der Waals surface area contributed by atoms with Crippen LogP contribution in [-0.2, 0) is 28.9 Å². The van der Waals surface area contributed by atoms with Crippen LogP contribution in [0.3, 0.4) is 0 Å². The van der Waals surface area contributed by atoms with Crippen LogP contribution in [0, 0.1) is 0 Å². The molecule has 1 fully saturated rings. The van der Waals surface area contributed by atoms with Gasteiger partial charge in [0.2, 0.25) is 17.7 Å². The Balaban J connectivity index is 1.42. The van der Waals surface area contributed by atoms with Crippen LogP contribution in [-0.4, -0.2) is 60.7 Å². The van der Waals surface area contributed by atoms with Crippen LogP contribution >= 0.6 is 0 Å². The molecule has 8 heteroatoms. The van der Waals surface area contributed by atoms with Gasteiger partial charge in [-0.15, -0.1) is 0 Å². The number of morpholine rings is 1. The van der Waals surface area contributed by atoms with Gasteiger partial charge in [-0.05, 0) is 29.8 Å². The molecule has 0 bridgehead atoms. The highest BCUT2D eigenvalue weighted by molar-refractivity contribution is 5.79. The first-order valence-corrected chi connectivity index (χ1v) is 11.6. The van der Waals surface area contributed by atoms with Crippen LogP contribution < -0.4 is 14.4 Å². The summed E-state index contributed by atoms with van der Waals surface area (Å²) >= 11 is 0. The van der Waals surface area contributed by atoms with Gasteiger partial charge < -0.3 is 24.0 Å². The van der Waals surface area contributed by atoms with Gasteiger partial charge in [0.05, 0.1) is 44.5 Å². The lowest BCUT2D eigenvalue weighted by Gasteiger charge is -2.32. The standard InChI is InChI=1S/C26H28N4O4/c1-32-20-7-9-21(10-8-20)34-25-22-18-30(24(31)17-19-5-3-2-4-6-19)12-11-23(22)27-26(28-25)29-13-15-33-16-14-29/h2-10H,11-18H2,1H3. The summed E-state index contributed by atoms with van der Waals surface area (Å²) in [7, 11) is 1.63. The molecular formula is C26H28N4O4. The molecule has 0 unspecified atom stereocenters. The van der Waals surface area contributed by atoms with E-state index in [9.17, 15) is 4.79 Å². The molecule has 1 amide bonds. The number of amides is 1. The van der Waals surface area contributed by atoms with E-state index in [1.54, 1.807) is 7.11 Å². The summed E-state index contributed by atoms with van der Waals surface area (Å²) in [6, 6.07) is 17.2. The molecule has 176 valence electrons. The number of rotatable bonds is 6. The Labute approximate surface area is 199 Å². The third-order valence-electron chi connectivity index (χ3n) is 6.13. The molecule has 5 rings (SSSR count). The van der Waals surface area contributed by atoms with Gasteiger partial charge in [0.1, 0.15) is 11.5 Å². The summed E-state index contributed by atoms with van der Waals surface area (Å²) in [4.78, 5) is 26.7. The molecule has 2 aromatic carbocycles. The van der Waals surface area contributed by atoms with Gasteiger partial charge >= 0.3 is 0 Å². The number of carbonyl (C=O) groups is 1. The largest absolute Gasteiger partial charge is 0.497 e. The monoisotopic (exact) mass is 460 g/mol. The Morgan fingerprint density at radius 1 is 0.971 bits per heavy atom. The van der Waals surface area contributed by atoms with Crippen LogP contribution in [0.5, 0.6) is 17.4 Å². The first kappa shape index (κ1) is 22.2. The zero-order chi connectivity index (χ0) is 23.3. The van der Waals surface area contributed by atoms with Crippen molar-refractivity contribution >= 4 is 11.9 Å². The Morgan fingerprint density at radius 3 is 2.44 bits per heavy atom. The second-order valence-corrected chi connectivity index (χ2v) is 8.36. The minimum Gasteiger partial charge on any atom is -0.497 e. The topological polar surface area (TPSA) is 77.0 Å². The Morgan fingerprint density at radius 2 is 1.71 bits per heavy atom. The van der Waals surface area contributed by atoms with Crippen LogP contribution in [0.1, 0.15) is 16.8 Å². The number of methoxy groups -OCH3 is 1. The van der Waals surface area contributed by atoms with Crippen molar-refractivity contribution in [1.29, 1.82) is 0 Å². The van der Waals surface area contributed by atoms with Gasteiger partial charge in [-0.25, -0.2) is 4.98 Å². The van der Waals surface area contributed by atoms with E-state index in [0.717, 1.165) is 35.7 Å². The third kappa shape index (κ3) is 4.97. The molecule has 1 aromatic heterocycles. The highest BCUT2D eigenvalue weighted by Gasteiger charge is 2.28. The summed E-state index contributed by atoms with van der Waals surface area (Å²) in [6.07, 6.45) is 1.03. The molecule has 2 aliphatic rings. The molecule has 0 atom stereocenters. The average Bonchev–Trinajstić information content (AvgIpc) is 2.90. The summed E-state index contributed by atoms with van der Waals surface area (Å²) in [5.41, 5.74) is 2.80. The van der Waals surface area contributed by atoms with Crippen molar-refractivity contribution in [3.63, 3.8) is 0 Å². The molecule has 3 heterocycles. The number of hydrogen-bond donors (Lipinski definition) is 0. The van der Waals surface area contributed by atoms with Crippen molar-refractivity contribution < 1.29 is 19.0 Å². The second kappa shape index (κ2) is 10.1. The van der Waals surface area contributed by atoms with Gasteiger partial charge in [-0.2, -0.15) is 4.98 Å². The number of hydrogen-bond acceptors (Lipinski definition) is 7. The summed E-state index contributed by atoms with van der Waals surface area (Å²) in [5.74, 6) is 2.64. The number of ether oxygens (including phenoxy) is 3. The molecule has 1 saturated heterocycles. The smallest absolute Gasteiger partial charge is 0.229 e. The fraction of sp³-hybridized carbons (Fsp3) is 0.346.